The van der Waals surface area contributed by atoms with Gasteiger partial charge in [-0.05, 0) is 31.0 Å². The standard InChI is InChI=1S/C20H20N6O2/c27-14-5-9-24(10-6-14)19-15-3-1-2-4-16(15)22-17(23-19)13-25-11-7-18-21-8-12-26(18)20(25)28/h1-4,7-8,11-12,14,27H,5-6,9-10,13H2. The highest BCUT2D eigenvalue weighted by atomic mass is 16.3. The molecular weight excluding hydrogens is 356 g/mol. The van der Waals surface area contributed by atoms with Crippen LogP contribution in [0.3, 0.4) is 0 Å². The van der Waals surface area contributed by atoms with E-state index in [2.05, 4.69) is 14.9 Å². The summed E-state index contributed by atoms with van der Waals surface area (Å²) in [5.41, 5.74) is 1.30. The van der Waals surface area contributed by atoms with Crippen molar-refractivity contribution in [3.63, 3.8) is 0 Å². The van der Waals surface area contributed by atoms with Crippen molar-refractivity contribution in [1.29, 1.82) is 0 Å². The van der Waals surface area contributed by atoms with E-state index >= 15 is 0 Å². The molecule has 0 radical (unpaired) electrons. The number of anilines is 1. The number of hydrogen-bond acceptors (Lipinski definition) is 6. The second-order valence-electron chi connectivity index (χ2n) is 7.08. The van der Waals surface area contributed by atoms with Gasteiger partial charge in [-0.15, -0.1) is 0 Å². The number of piperidine rings is 1. The third-order valence-electron chi connectivity index (χ3n) is 5.23. The Balaban J connectivity index is 1.57. The summed E-state index contributed by atoms with van der Waals surface area (Å²) in [7, 11) is 0. The van der Waals surface area contributed by atoms with Crippen LogP contribution in [0, 0.1) is 0 Å². The molecular formula is C20H20N6O2. The quantitative estimate of drug-likeness (QED) is 0.582. The number of aliphatic hydroxyl groups excluding tert-OH is 1. The number of para-hydroxylation sites is 1. The Hall–Kier alpha value is -3.26. The number of nitrogens with zero attached hydrogens (tertiary/aromatic N) is 6. The van der Waals surface area contributed by atoms with Crippen molar-refractivity contribution in [2.24, 2.45) is 0 Å². The van der Waals surface area contributed by atoms with Gasteiger partial charge in [0.05, 0.1) is 18.2 Å². The van der Waals surface area contributed by atoms with Gasteiger partial charge >= 0.3 is 5.69 Å². The van der Waals surface area contributed by atoms with Gasteiger partial charge in [0.1, 0.15) is 11.5 Å². The van der Waals surface area contributed by atoms with E-state index in [9.17, 15) is 9.90 Å². The molecule has 0 bridgehead atoms. The number of fused-ring (bicyclic) bond motifs is 2. The lowest BCUT2D eigenvalue weighted by Gasteiger charge is -2.31. The van der Waals surface area contributed by atoms with E-state index < -0.39 is 0 Å². The molecule has 0 atom stereocenters. The highest BCUT2D eigenvalue weighted by Crippen LogP contribution is 2.26. The van der Waals surface area contributed by atoms with Crippen LogP contribution in [0.2, 0.25) is 0 Å². The molecule has 1 aromatic carbocycles. The monoisotopic (exact) mass is 376 g/mol. The predicted octanol–water partition coefficient (Wildman–Crippen LogP) is 1.45. The van der Waals surface area contributed by atoms with Crippen molar-refractivity contribution in [3.8, 4) is 0 Å². The van der Waals surface area contributed by atoms with Crippen LogP contribution in [0.15, 0.2) is 53.7 Å². The lowest BCUT2D eigenvalue weighted by molar-refractivity contribution is 0.145. The first-order chi connectivity index (χ1) is 13.7. The molecule has 28 heavy (non-hydrogen) atoms. The zero-order valence-corrected chi connectivity index (χ0v) is 15.3. The van der Waals surface area contributed by atoms with Crippen molar-refractivity contribution >= 4 is 22.4 Å². The Morgan fingerprint density at radius 2 is 1.89 bits per heavy atom. The van der Waals surface area contributed by atoms with Gasteiger partial charge in [-0.25, -0.2) is 19.7 Å². The molecule has 5 rings (SSSR count). The molecule has 3 aromatic heterocycles. The van der Waals surface area contributed by atoms with Crippen LogP contribution in [0.4, 0.5) is 5.82 Å². The van der Waals surface area contributed by atoms with E-state index in [1.807, 2.05) is 24.3 Å². The van der Waals surface area contributed by atoms with Gasteiger partial charge < -0.3 is 10.0 Å². The van der Waals surface area contributed by atoms with Crippen molar-refractivity contribution in [2.75, 3.05) is 18.0 Å². The SMILES string of the molecule is O=c1n(Cc2nc(N3CCC(O)CC3)c3ccccc3n2)ccc2nccn12. The Morgan fingerprint density at radius 3 is 2.75 bits per heavy atom. The highest BCUT2D eigenvalue weighted by molar-refractivity contribution is 5.89. The Labute approximate surface area is 160 Å². The molecule has 0 amide bonds. The van der Waals surface area contributed by atoms with Gasteiger partial charge in [-0.2, -0.15) is 0 Å². The Bertz CT molecular complexity index is 1210. The van der Waals surface area contributed by atoms with E-state index in [0.29, 0.717) is 11.5 Å². The zero-order chi connectivity index (χ0) is 19.1. The van der Waals surface area contributed by atoms with Gasteiger partial charge in [0.2, 0.25) is 0 Å². The lowest BCUT2D eigenvalue weighted by atomic mass is 10.1. The second-order valence-corrected chi connectivity index (χ2v) is 7.08. The zero-order valence-electron chi connectivity index (χ0n) is 15.3. The van der Waals surface area contributed by atoms with Crippen molar-refractivity contribution in [2.45, 2.75) is 25.5 Å². The topological polar surface area (TPSA) is 88.5 Å². The van der Waals surface area contributed by atoms with E-state index in [1.54, 1.807) is 29.2 Å². The van der Waals surface area contributed by atoms with E-state index in [1.165, 1.54) is 4.40 Å². The minimum absolute atomic E-state index is 0.172. The van der Waals surface area contributed by atoms with Gasteiger partial charge in [-0.1, -0.05) is 12.1 Å². The van der Waals surface area contributed by atoms with Gasteiger partial charge in [0.25, 0.3) is 0 Å². The van der Waals surface area contributed by atoms with E-state index in [0.717, 1.165) is 42.7 Å². The van der Waals surface area contributed by atoms with Crippen molar-refractivity contribution in [1.82, 2.24) is 23.9 Å². The highest BCUT2D eigenvalue weighted by Gasteiger charge is 2.21. The maximum absolute atomic E-state index is 12.7. The molecule has 0 aliphatic carbocycles. The average molecular weight is 376 g/mol. The average Bonchev–Trinajstić information content (AvgIpc) is 3.20. The molecule has 8 heteroatoms. The molecule has 1 N–H and O–H groups in total. The minimum atomic E-state index is -0.246. The molecule has 1 aliphatic rings. The summed E-state index contributed by atoms with van der Waals surface area (Å²) in [5, 5.41) is 10.8. The lowest BCUT2D eigenvalue weighted by Crippen LogP contribution is -2.36. The Morgan fingerprint density at radius 1 is 1.07 bits per heavy atom. The molecule has 8 nitrogen and oxygen atoms in total. The molecule has 4 aromatic rings. The van der Waals surface area contributed by atoms with Crippen LogP contribution < -0.4 is 10.6 Å². The predicted molar refractivity (Wildman–Crippen MR) is 106 cm³/mol. The fourth-order valence-corrected chi connectivity index (χ4v) is 3.73. The van der Waals surface area contributed by atoms with Crippen LogP contribution in [0.25, 0.3) is 16.6 Å². The summed E-state index contributed by atoms with van der Waals surface area (Å²) in [6.07, 6.45) is 6.19. The fraction of sp³-hybridized carbons (Fsp3) is 0.300. The fourth-order valence-electron chi connectivity index (χ4n) is 3.73. The second kappa shape index (κ2) is 6.72. The molecule has 0 unspecified atom stereocenters. The normalized spacial score (nSPS) is 15.5. The van der Waals surface area contributed by atoms with Crippen LogP contribution in [-0.2, 0) is 6.54 Å². The van der Waals surface area contributed by atoms with Gasteiger partial charge in [0, 0.05) is 37.1 Å². The summed E-state index contributed by atoms with van der Waals surface area (Å²) in [6.45, 7) is 1.78. The first-order valence-corrected chi connectivity index (χ1v) is 9.40. The third kappa shape index (κ3) is 2.91. The molecule has 0 saturated carbocycles. The summed E-state index contributed by atoms with van der Waals surface area (Å²) in [6, 6.07) is 9.71. The molecule has 0 spiro atoms. The number of imidazole rings is 1. The number of hydrogen-bond donors (Lipinski definition) is 1. The van der Waals surface area contributed by atoms with Crippen LogP contribution in [0.1, 0.15) is 18.7 Å². The minimum Gasteiger partial charge on any atom is -0.393 e. The summed E-state index contributed by atoms with van der Waals surface area (Å²) in [4.78, 5) is 28.5. The van der Waals surface area contributed by atoms with Crippen molar-refractivity contribution < 1.29 is 5.11 Å². The molecule has 1 fully saturated rings. The third-order valence-corrected chi connectivity index (χ3v) is 5.23. The molecule has 1 aliphatic heterocycles. The molecule has 4 heterocycles. The number of rotatable bonds is 3. The molecule has 142 valence electrons. The van der Waals surface area contributed by atoms with E-state index in [4.69, 9.17) is 4.98 Å². The maximum atomic E-state index is 12.7. The van der Waals surface area contributed by atoms with Crippen molar-refractivity contribution in [3.05, 3.63) is 65.2 Å². The summed E-state index contributed by atoms with van der Waals surface area (Å²) in [5.74, 6) is 1.45. The summed E-state index contributed by atoms with van der Waals surface area (Å²) < 4.78 is 3.09. The van der Waals surface area contributed by atoms with Crippen LogP contribution in [-0.4, -0.2) is 48.2 Å². The van der Waals surface area contributed by atoms with Gasteiger partial charge in [-0.3, -0.25) is 8.97 Å². The number of benzene rings is 1. The first kappa shape index (κ1) is 16.9. The first-order valence-electron chi connectivity index (χ1n) is 9.40. The number of aliphatic hydroxyl groups is 1. The smallest absolute Gasteiger partial charge is 0.334 e. The molecule has 1 saturated heterocycles. The largest absolute Gasteiger partial charge is 0.393 e. The number of aromatic nitrogens is 5. The maximum Gasteiger partial charge on any atom is 0.334 e. The van der Waals surface area contributed by atoms with Crippen LogP contribution >= 0.6 is 0 Å². The summed E-state index contributed by atoms with van der Waals surface area (Å²) >= 11 is 0. The van der Waals surface area contributed by atoms with Crippen LogP contribution in [0.5, 0.6) is 0 Å². The van der Waals surface area contributed by atoms with Gasteiger partial charge in [0.15, 0.2) is 5.82 Å². The Kier molecular flexibility index (Phi) is 4.05. The van der Waals surface area contributed by atoms with E-state index in [-0.39, 0.29) is 18.3 Å².